The topological polar surface area (TPSA) is 53.4 Å². The van der Waals surface area contributed by atoms with E-state index in [0.717, 1.165) is 3.57 Å². The smallest absolute Gasteiger partial charge is 0.230 e. The Morgan fingerprint density at radius 3 is 3.00 bits per heavy atom. The molecule has 1 aliphatic rings. The molecule has 0 saturated carbocycles. The number of carbonyl (C=O) groups excluding carboxylic acids is 1. The lowest BCUT2D eigenvalue weighted by Crippen LogP contribution is -2.26. The average Bonchev–Trinajstić information content (AvgIpc) is 2.45. The van der Waals surface area contributed by atoms with Crippen molar-refractivity contribution in [2.75, 3.05) is 11.4 Å². The van der Waals surface area contributed by atoms with E-state index >= 15 is 0 Å². The second-order valence-electron chi connectivity index (χ2n) is 3.19. The summed E-state index contributed by atoms with van der Waals surface area (Å²) in [5.41, 5.74) is 0. The first-order valence-electron chi connectivity index (χ1n) is 4.27. The molecule has 14 heavy (non-hydrogen) atoms. The Hall–Kier alpha value is -0.690. The number of nitrogens with zero attached hydrogens (tertiary/aromatic N) is 2. The maximum Gasteiger partial charge on any atom is 0.230 e. The van der Waals surface area contributed by atoms with Gasteiger partial charge >= 0.3 is 0 Å². The number of β-amino-alcohol motifs (C(OH)–C–C–N with tert-alkyl or cyclic N) is 1. The van der Waals surface area contributed by atoms with Gasteiger partial charge < -0.3 is 5.11 Å². The van der Waals surface area contributed by atoms with Gasteiger partial charge in [-0.1, -0.05) is 0 Å². The number of aliphatic hydroxyl groups is 1. The van der Waals surface area contributed by atoms with Gasteiger partial charge in [0.15, 0.2) is 0 Å². The molecule has 4 nitrogen and oxygen atoms in total. The van der Waals surface area contributed by atoms with Crippen molar-refractivity contribution in [3.63, 3.8) is 0 Å². The van der Waals surface area contributed by atoms with Crippen molar-refractivity contribution >= 4 is 34.3 Å². The van der Waals surface area contributed by atoms with Gasteiger partial charge in [0.2, 0.25) is 5.91 Å². The molecule has 1 aromatic heterocycles. The zero-order chi connectivity index (χ0) is 10.1. The SMILES string of the molecule is O=C1CC(O)CN1c1cc(I)ccn1. The number of amides is 1. The van der Waals surface area contributed by atoms with Crippen LogP contribution in [0.4, 0.5) is 5.82 Å². The molecule has 0 aliphatic carbocycles. The summed E-state index contributed by atoms with van der Waals surface area (Å²) >= 11 is 2.16. The Morgan fingerprint density at radius 1 is 1.64 bits per heavy atom. The first-order chi connectivity index (χ1) is 6.66. The minimum Gasteiger partial charge on any atom is -0.391 e. The van der Waals surface area contributed by atoms with Crippen molar-refractivity contribution < 1.29 is 9.90 Å². The van der Waals surface area contributed by atoms with Crippen LogP contribution >= 0.6 is 22.6 Å². The summed E-state index contributed by atoms with van der Waals surface area (Å²) in [4.78, 5) is 17.0. The molecule has 5 heteroatoms. The molecule has 0 bridgehead atoms. The molecule has 0 aromatic carbocycles. The van der Waals surface area contributed by atoms with Crippen LogP contribution in [0, 0.1) is 3.57 Å². The highest BCUT2D eigenvalue weighted by atomic mass is 127. The fourth-order valence-corrected chi connectivity index (χ4v) is 1.89. The van der Waals surface area contributed by atoms with E-state index in [1.807, 2.05) is 12.1 Å². The summed E-state index contributed by atoms with van der Waals surface area (Å²) in [6.45, 7) is 0.353. The Bertz CT molecular complexity index is 370. The molecule has 1 amide bonds. The highest BCUT2D eigenvalue weighted by molar-refractivity contribution is 14.1. The van der Waals surface area contributed by atoms with E-state index in [2.05, 4.69) is 27.6 Å². The highest BCUT2D eigenvalue weighted by Crippen LogP contribution is 2.20. The lowest BCUT2D eigenvalue weighted by Gasteiger charge is -2.14. The van der Waals surface area contributed by atoms with Gasteiger partial charge in [-0.2, -0.15) is 0 Å². The van der Waals surface area contributed by atoms with Crippen molar-refractivity contribution in [1.82, 2.24) is 4.98 Å². The zero-order valence-corrected chi connectivity index (χ0v) is 9.51. The number of halogens is 1. The highest BCUT2D eigenvalue weighted by Gasteiger charge is 2.29. The molecule has 2 rings (SSSR count). The van der Waals surface area contributed by atoms with Crippen molar-refractivity contribution in [2.24, 2.45) is 0 Å². The Labute approximate surface area is 95.1 Å². The predicted octanol–water partition coefficient (Wildman–Crippen LogP) is 0.784. The second-order valence-corrected chi connectivity index (χ2v) is 4.44. The molecule has 1 fully saturated rings. The van der Waals surface area contributed by atoms with E-state index in [-0.39, 0.29) is 12.3 Å². The van der Waals surface area contributed by atoms with Crippen LogP contribution in [0.5, 0.6) is 0 Å². The summed E-state index contributed by atoms with van der Waals surface area (Å²) in [7, 11) is 0. The number of rotatable bonds is 1. The molecular formula is C9H9IN2O2. The molecule has 0 spiro atoms. The van der Waals surface area contributed by atoms with Crippen molar-refractivity contribution in [3.8, 4) is 0 Å². The quantitative estimate of drug-likeness (QED) is 0.780. The van der Waals surface area contributed by atoms with Crippen molar-refractivity contribution in [2.45, 2.75) is 12.5 Å². The normalized spacial score (nSPS) is 21.7. The summed E-state index contributed by atoms with van der Waals surface area (Å²) in [5, 5.41) is 9.31. The third-order valence-electron chi connectivity index (χ3n) is 2.09. The zero-order valence-electron chi connectivity index (χ0n) is 7.35. The standard InChI is InChI=1S/C9H9IN2O2/c10-6-1-2-11-8(3-6)12-5-7(13)4-9(12)14/h1-3,7,13H,4-5H2. The van der Waals surface area contributed by atoms with Crippen molar-refractivity contribution in [1.29, 1.82) is 0 Å². The van der Waals surface area contributed by atoms with E-state index in [9.17, 15) is 9.90 Å². The number of aromatic nitrogens is 1. The van der Waals surface area contributed by atoms with E-state index in [0.29, 0.717) is 12.4 Å². The summed E-state index contributed by atoms with van der Waals surface area (Å²) in [6, 6.07) is 3.69. The van der Waals surface area contributed by atoms with Crippen LogP contribution in [0.1, 0.15) is 6.42 Å². The Kier molecular flexibility index (Phi) is 2.69. The van der Waals surface area contributed by atoms with Crippen LogP contribution in [0.3, 0.4) is 0 Å². The number of carbonyl (C=O) groups is 1. The molecule has 1 aliphatic heterocycles. The third kappa shape index (κ3) is 1.88. The molecule has 74 valence electrons. The van der Waals surface area contributed by atoms with Gasteiger partial charge in [-0.25, -0.2) is 4.98 Å². The van der Waals surface area contributed by atoms with Gasteiger partial charge in [0.25, 0.3) is 0 Å². The molecule has 1 aromatic rings. The van der Waals surface area contributed by atoms with Gasteiger partial charge in [-0.15, -0.1) is 0 Å². The fourth-order valence-electron chi connectivity index (χ4n) is 1.45. The molecule has 2 heterocycles. The number of hydrogen-bond donors (Lipinski definition) is 1. The van der Waals surface area contributed by atoms with Crippen LogP contribution < -0.4 is 4.90 Å². The monoisotopic (exact) mass is 304 g/mol. The summed E-state index contributed by atoms with van der Waals surface area (Å²) in [5.74, 6) is 0.561. The maximum absolute atomic E-state index is 11.4. The van der Waals surface area contributed by atoms with E-state index in [1.54, 1.807) is 6.20 Å². The lowest BCUT2D eigenvalue weighted by atomic mass is 10.3. The molecule has 1 unspecified atom stereocenters. The van der Waals surface area contributed by atoms with Crippen LogP contribution in [-0.4, -0.2) is 28.6 Å². The first-order valence-corrected chi connectivity index (χ1v) is 5.34. The van der Waals surface area contributed by atoms with Crippen molar-refractivity contribution in [3.05, 3.63) is 21.9 Å². The van der Waals surface area contributed by atoms with Gasteiger partial charge in [0.1, 0.15) is 5.82 Å². The number of pyridine rings is 1. The summed E-state index contributed by atoms with van der Waals surface area (Å²) in [6.07, 6.45) is 1.31. The Balaban J connectivity index is 2.27. The van der Waals surface area contributed by atoms with Crippen LogP contribution in [0.25, 0.3) is 0 Å². The number of hydrogen-bond acceptors (Lipinski definition) is 3. The van der Waals surface area contributed by atoms with E-state index in [1.165, 1.54) is 4.90 Å². The largest absolute Gasteiger partial charge is 0.391 e. The molecular weight excluding hydrogens is 295 g/mol. The number of aliphatic hydroxyl groups excluding tert-OH is 1. The van der Waals surface area contributed by atoms with Gasteiger partial charge in [-0.05, 0) is 34.7 Å². The fraction of sp³-hybridized carbons (Fsp3) is 0.333. The maximum atomic E-state index is 11.4. The van der Waals surface area contributed by atoms with Crippen LogP contribution in [-0.2, 0) is 4.79 Å². The Morgan fingerprint density at radius 2 is 2.43 bits per heavy atom. The summed E-state index contributed by atoms with van der Waals surface area (Å²) < 4.78 is 1.03. The lowest BCUT2D eigenvalue weighted by molar-refractivity contribution is -0.117. The minimum absolute atomic E-state index is 0.0630. The number of anilines is 1. The average molecular weight is 304 g/mol. The van der Waals surface area contributed by atoms with Gasteiger partial charge in [-0.3, -0.25) is 9.69 Å². The molecule has 1 atom stereocenters. The van der Waals surface area contributed by atoms with E-state index in [4.69, 9.17) is 0 Å². The van der Waals surface area contributed by atoms with Crippen LogP contribution in [0.2, 0.25) is 0 Å². The van der Waals surface area contributed by atoms with Crippen LogP contribution in [0.15, 0.2) is 18.3 Å². The van der Waals surface area contributed by atoms with E-state index < -0.39 is 6.10 Å². The minimum atomic E-state index is -0.554. The first kappa shape index (κ1) is 9.85. The molecule has 1 saturated heterocycles. The van der Waals surface area contributed by atoms with Gasteiger partial charge in [0.05, 0.1) is 19.1 Å². The predicted molar refractivity (Wildman–Crippen MR) is 59.9 cm³/mol. The third-order valence-corrected chi connectivity index (χ3v) is 2.76. The molecule has 1 N–H and O–H groups in total. The second kappa shape index (κ2) is 3.82. The van der Waals surface area contributed by atoms with Gasteiger partial charge in [0, 0.05) is 9.77 Å². The molecule has 0 radical (unpaired) electrons.